The fourth-order valence-electron chi connectivity index (χ4n) is 1.43. The van der Waals surface area contributed by atoms with E-state index in [1.807, 2.05) is 0 Å². The van der Waals surface area contributed by atoms with Crippen LogP contribution in [0.3, 0.4) is 0 Å². The number of hydrogen-bond donors (Lipinski definition) is 2. The number of likely N-dealkylation sites (N-methyl/N-ethyl adjacent to an activating group) is 1. The summed E-state index contributed by atoms with van der Waals surface area (Å²) in [5.74, 6) is 0. The summed E-state index contributed by atoms with van der Waals surface area (Å²) < 4.78 is 25.4. The lowest BCUT2D eigenvalue weighted by molar-refractivity contribution is 0.0795. The third-order valence-electron chi connectivity index (χ3n) is 2.36. The third kappa shape index (κ3) is 3.50. The first-order valence-electron chi connectivity index (χ1n) is 5.36. The van der Waals surface area contributed by atoms with Crippen molar-refractivity contribution in [2.45, 2.75) is 17.9 Å². The van der Waals surface area contributed by atoms with Crippen molar-refractivity contribution in [2.75, 3.05) is 19.7 Å². The maximum absolute atomic E-state index is 12.1. The number of hydrogen-bond acceptors (Lipinski definition) is 4. The number of aliphatic hydroxyl groups is 2. The van der Waals surface area contributed by atoms with Crippen LogP contribution < -0.4 is 0 Å². The van der Waals surface area contributed by atoms with Crippen LogP contribution in [0.1, 0.15) is 6.92 Å². The molecular formula is C11H17NO4S. The van der Waals surface area contributed by atoms with Gasteiger partial charge in [0.2, 0.25) is 10.0 Å². The molecule has 0 aliphatic rings. The molecule has 1 aromatic rings. The number of rotatable bonds is 6. The summed E-state index contributed by atoms with van der Waals surface area (Å²) in [6, 6.07) is 8.02. The van der Waals surface area contributed by atoms with Crippen molar-refractivity contribution >= 4 is 10.0 Å². The van der Waals surface area contributed by atoms with E-state index in [1.165, 1.54) is 12.1 Å². The lowest BCUT2D eigenvalue weighted by atomic mass is 10.4. The van der Waals surface area contributed by atoms with Crippen LogP contribution in [0.25, 0.3) is 0 Å². The lowest BCUT2D eigenvalue weighted by Crippen LogP contribution is -2.38. The molecule has 17 heavy (non-hydrogen) atoms. The van der Waals surface area contributed by atoms with E-state index in [1.54, 1.807) is 25.1 Å². The predicted octanol–water partition coefficient (Wildman–Crippen LogP) is 0.0504. The molecule has 0 heterocycles. The quantitative estimate of drug-likeness (QED) is 0.756. The summed E-state index contributed by atoms with van der Waals surface area (Å²) in [5, 5.41) is 18.1. The van der Waals surface area contributed by atoms with Crippen molar-refractivity contribution in [3.63, 3.8) is 0 Å². The molecule has 1 aromatic carbocycles. The highest BCUT2D eigenvalue weighted by molar-refractivity contribution is 7.89. The van der Waals surface area contributed by atoms with Gasteiger partial charge in [0.1, 0.15) is 0 Å². The van der Waals surface area contributed by atoms with Crippen LogP contribution in [0.4, 0.5) is 0 Å². The molecule has 0 fully saturated rings. The Hall–Kier alpha value is -0.950. The largest absolute Gasteiger partial charge is 0.394 e. The van der Waals surface area contributed by atoms with Gasteiger partial charge >= 0.3 is 0 Å². The maximum Gasteiger partial charge on any atom is 0.243 e. The molecule has 0 aliphatic heterocycles. The Morgan fingerprint density at radius 1 is 1.29 bits per heavy atom. The fraction of sp³-hybridized carbons (Fsp3) is 0.455. The summed E-state index contributed by atoms with van der Waals surface area (Å²) in [5.41, 5.74) is 0. The van der Waals surface area contributed by atoms with Gasteiger partial charge in [-0.25, -0.2) is 8.42 Å². The highest BCUT2D eigenvalue weighted by Gasteiger charge is 2.24. The first-order chi connectivity index (χ1) is 8.02. The molecular weight excluding hydrogens is 242 g/mol. The van der Waals surface area contributed by atoms with Crippen LogP contribution in [0, 0.1) is 0 Å². The van der Waals surface area contributed by atoms with Crippen molar-refractivity contribution in [3.05, 3.63) is 30.3 Å². The van der Waals surface area contributed by atoms with Crippen molar-refractivity contribution in [1.29, 1.82) is 0 Å². The van der Waals surface area contributed by atoms with Crippen molar-refractivity contribution in [1.82, 2.24) is 4.31 Å². The highest BCUT2D eigenvalue weighted by atomic mass is 32.2. The molecule has 0 aliphatic carbocycles. The first-order valence-corrected chi connectivity index (χ1v) is 6.80. The summed E-state index contributed by atoms with van der Waals surface area (Å²) in [6.45, 7) is 1.36. The van der Waals surface area contributed by atoms with E-state index < -0.39 is 22.7 Å². The van der Waals surface area contributed by atoms with Gasteiger partial charge in [-0.1, -0.05) is 25.1 Å². The van der Waals surface area contributed by atoms with E-state index in [0.717, 1.165) is 4.31 Å². The van der Waals surface area contributed by atoms with Crippen LogP contribution in [0.5, 0.6) is 0 Å². The smallest absolute Gasteiger partial charge is 0.243 e. The van der Waals surface area contributed by atoms with Gasteiger partial charge in [0.15, 0.2) is 0 Å². The maximum atomic E-state index is 12.1. The van der Waals surface area contributed by atoms with E-state index in [-0.39, 0.29) is 18.0 Å². The normalized spacial score (nSPS) is 13.9. The molecule has 2 N–H and O–H groups in total. The van der Waals surface area contributed by atoms with Crippen LogP contribution in [0.2, 0.25) is 0 Å². The molecule has 5 nitrogen and oxygen atoms in total. The van der Waals surface area contributed by atoms with Gasteiger partial charge < -0.3 is 10.2 Å². The van der Waals surface area contributed by atoms with E-state index >= 15 is 0 Å². The van der Waals surface area contributed by atoms with Gasteiger partial charge in [-0.2, -0.15) is 4.31 Å². The molecule has 1 unspecified atom stereocenters. The van der Waals surface area contributed by atoms with Gasteiger partial charge in [-0.05, 0) is 12.1 Å². The zero-order valence-corrected chi connectivity index (χ0v) is 10.5. The van der Waals surface area contributed by atoms with Crippen molar-refractivity contribution in [2.24, 2.45) is 0 Å². The minimum Gasteiger partial charge on any atom is -0.394 e. The van der Waals surface area contributed by atoms with Crippen molar-refractivity contribution < 1.29 is 18.6 Å². The second-order valence-electron chi connectivity index (χ2n) is 3.61. The molecule has 0 aromatic heterocycles. The number of nitrogens with zero attached hydrogens (tertiary/aromatic N) is 1. The summed E-state index contributed by atoms with van der Waals surface area (Å²) in [4.78, 5) is 0.187. The zero-order chi connectivity index (χ0) is 12.9. The van der Waals surface area contributed by atoms with Gasteiger partial charge in [-0.15, -0.1) is 0 Å². The molecule has 0 spiro atoms. The SMILES string of the molecule is CCN(CC(O)CO)S(=O)(=O)c1ccccc1. The molecule has 1 atom stereocenters. The molecule has 6 heteroatoms. The fourth-order valence-corrected chi connectivity index (χ4v) is 2.94. The molecule has 0 amide bonds. The first kappa shape index (κ1) is 14.1. The van der Waals surface area contributed by atoms with Crippen LogP contribution in [0.15, 0.2) is 35.2 Å². The number of aliphatic hydroxyl groups excluding tert-OH is 2. The number of sulfonamides is 1. The van der Waals surface area contributed by atoms with Crippen LogP contribution in [-0.4, -0.2) is 48.7 Å². The molecule has 0 bridgehead atoms. The second kappa shape index (κ2) is 6.11. The average Bonchev–Trinajstić information content (AvgIpc) is 2.36. The Labute approximate surface area is 101 Å². The average molecular weight is 259 g/mol. The summed E-state index contributed by atoms with van der Waals surface area (Å²) in [7, 11) is -3.59. The highest BCUT2D eigenvalue weighted by Crippen LogP contribution is 2.15. The topological polar surface area (TPSA) is 77.8 Å². The Morgan fingerprint density at radius 3 is 2.35 bits per heavy atom. The molecule has 96 valence electrons. The van der Waals surface area contributed by atoms with Crippen molar-refractivity contribution in [3.8, 4) is 0 Å². The molecule has 0 saturated carbocycles. The minimum absolute atomic E-state index is 0.107. The molecule has 0 saturated heterocycles. The van der Waals surface area contributed by atoms with E-state index in [0.29, 0.717) is 0 Å². The van der Waals surface area contributed by atoms with Crippen LogP contribution in [-0.2, 0) is 10.0 Å². The minimum atomic E-state index is -3.59. The van der Waals surface area contributed by atoms with E-state index in [2.05, 4.69) is 0 Å². The van der Waals surface area contributed by atoms with Gasteiger partial charge in [-0.3, -0.25) is 0 Å². The van der Waals surface area contributed by atoms with E-state index in [9.17, 15) is 13.5 Å². The summed E-state index contributed by atoms with van der Waals surface area (Å²) >= 11 is 0. The Kier molecular flexibility index (Phi) is 5.07. The molecule has 0 radical (unpaired) electrons. The van der Waals surface area contributed by atoms with Gasteiger partial charge in [0, 0.05) is 13.1 Å². The Balaban J connectivity index is 2.95. The lowest BCUT2D eigenvalue weighted by Gasteiger charge is -2.22. The summed E-state index contributed by atoms with van der Waals surface area (Å²) in [6.07, 6.45) is -1.06. The van der Waals surface area contributed by atoms with Crippen LogP contribution >= 0.6 is 0 Å². The number of benzene rings is 1. The Morgan fingerprint density at radius 2 is 1.88 bits per heavy atom. The zero-order valence-electron chi connectivity index (χ0n) is 9.65. The predicted molar refractivity (Wildman–Crippen MR) is 64.0 cm³/mol. The standard InChI is InChI=1S/C11H17NO4S/c1-2-12(8-10(14)9-13)17(15,16)11-6-4-3-5-7-11/h3-7,10,13-14H,2,8-9H2,1H3. The molecule has 1 rings (SSSR count). The van der Waals surface area contributed by atoms with Gasteiger partial charge in [0.05, 0.1) is 17.6 Å². The monoisotopic (exact) mass is 259 g/mol. The van der Waals surface area contributed by atoms with Gasteiger partial charge in [0.25, 0.3) is 0 Å². The second-order valence-corrected chi connectivity index (χ2v) is 5.54. The third-order valence-corrected chi connectivity index (χ3v) is 4.31. The van der Waals surface area contributed by atoms with E-state index in [4.69, 9.17) is 5.11 Å². The Bertz CT molecular complexity index is 432.